The Morgan fingerprint density at radius 1 is 1.44 bits per heavy atom. The number of halogens is 1. The first-order chi connectivity index (χ1) is 8.56. The van der Waals surface area contributed by atoms with Crippen LogP contribution in [0.25, 0.3) is 0 Å². The molecule has 0 aliphatic rings. The Bertz CT molecular complexity index is 509. The summed E-state index contributed by atoms with van der Waals surface area (Å²) in [6.45, 7) is 0.250. The van der Waals surface area contributed by atoms with Crippen LogP contribution in [-0.4, -0.2) is 23.7 Å². The van der Waals surface area contributed by atoms with Gasteiger partial charge in [-0.05, 0) is 12.1 Å². The van der Waals surface area contributed by atoms with Crippen molar-refractivity contribution < 1.29 is 19.1 Å². The van der Waals surface area contributed by atoms with Crippen molar-refractivity contribution >= 4 is 17.7 Å². The topological polar surface area (TPSA) is 78.4 Å². The van der Waals surface area contributed by atoms with E-state index in [-0.39, 0.29) is 12.2 Å². The van der Waals surface area contributed by atoms with Crippen LogP contribution < -0.4 is 10.6 Å². The molecule has 0 heterocycles. The molecule has 94 valence electrons. The zero-order valence-electron chi connectivity index (χ0n) is 9.37. The Labute approximate surface area is 103 Å². The van der Waals surface area contributed by atoms with Crippen LogP contribution >= 0.6 is 0 Å². The third-order valence-electron chi connectivity index (χ3n) is 2.03. The number of amides is 2. The van der Waals surface area contributed by atoms with Gasteiger partial charge in [-0.1, -0.05) is 6.07 Å². The molecule has 0 spiro atoms. The van der Waals surface area contributed by atoms with Crippen LogP contribution in [0, 0.1) is 18.2 Å². The standard InChI is InChI=1S/C12H11FN2O3/c1-2-3-7-14-12(18)15-9-6-4-5-8(13)10(9)11(16)17/h1,4-6H,3,7H2,(H,16,17)(H2,14,15,18). The zero-order chi connectivity index (χ0) is 13.5. The second-order valence-corrected chi connectivity index (χ2v) is 3.30. The highest BCUT2D eigenvalue weighted by atomic mass is 19.1. The number of carbonyl (C=O) groups is 2. The van der Waals surface area contributed by atoms with E-state index in [9.17, 15) is 14.0 Å². The van der Waals surface area contributed by atoms with Gasteiger partial charge < -0.3 is 15.7 Å². The lowest BCUT2D eigenvalue weighted by atomic mass is 10.1. The normalized spacial score (nSPS) is 9.33. The Kier molecular flexibility index (Phi) is 4.69. The van der Waals surface area contributed by atoms with Crippen molar-refractivity contribution in [3.8, 4) is 12.3 Å². The second-order valence-electron chi connectivity index (χ2n) is 3.30. The molecule has 18 heavy (non-hydrogen) atoms. The molecule has 0 fully saturated rings. The fourth-order valence-electron chi connectivity index (χ4n) is 1.26. The van der Waals surface area contributed by atoms with Crippen LogP contribution in [0.3, 0.4) is 0 Å². The van der Waals surface area contributed by atoms with Crippen LogP contribution in [-0.2, 0) is 0 Å². The molecule has 0 aliphatic heterocycles. The van der Waals surface area contributed by atoms with Crippen molar-refractivity contribution in [3.63, 3.8) is 0 Å². The fraction of sp³-hybridized carbons (Fsp3) is 0.167. The van der Waals surface area contributed by atoms with E-state index in [1.165, 1.54) is 12.1 Å². The van der Waals surface area contributed by atoms with Crippen molar-refractivity contribution in [1.29, 1.82) is 0 Å². The first-order valence-electron chi connectivity index (χ1n) is 5.06. The average Bonchev–Trinajstić information content (AvgIpc) is 2.28. The van der Waals surface area contributed by atoms with Gasteiger partial charge in [-0.2, -0.15) is 0 Å². The molecular formula is C12H11FN2O3. The van der Waals surface area contributed by atoms with Gasteiger partial charge in [-0.25, -0.2) is 14.0 Å². The van der Waals surface area contributed by atoms with Crippen LogP contribution in [0.15, 0.2) is 18.2 Å². The maximum absolute atomic E-state index is 13.3. The molecular weight excluding hydrogens is 239 g/mol. The number of aromatic carboxylic acids is 1. The molecule has 0 aromatic heterocycles. The number of carboxylic acids is 1. The number of anilines is 1. The van der Waals surface area contributed by atoms with Gasteiger partial charge in [0.1, 0.15) is 11.4 Å². The van der Waals surface area contributed by atoms with Gasteiger partial charge in [0.2, 0.25) is 0 Å². The van der Waals surface area contributed by atoms with E-state index in [2.05, 4.69) is 16.6 Å². The van der Waals surface area contributed by atoms with Crippen LogP contribution in [0.2, 0.25) is 0 Å². The highest BCUT2D eigenvalue weighted by molar-refractivity contribution is 6.00. The maximum atomic E-state index is 13.3. The Hall–Kier alpha value is -2.55. The summed E-state index contributed by atoms with van der Waals surface area (Å²) in [7, 11) is 0. The van der Waals surface area contributed by atoms with Gasteiger partial charge in [-0.15, -0.1) is 12.3 Å². The Morgan fingerprint density at radius 2 is 2.17 bits per heavy atom. The van der Waals surface area contributed by atoms with Gasteiger partial charge in [-0.3, -0.25) is 0 Å². The number of hydrogen-bond donors (Lipinski definition) is 3. The number of carboxylic acid groups (broad SMARTS) is 1. The number of nitrogens with one attached hydrogen (secondary N) is 2. The van der Waals surface area contributed by atoms with E-state index < -0.39 is 23.4 Å². The van der Waals surface area contributed by atoms with Crippen LogP contribution in [0.1, 0.15) is 16.8 Å². The van der Waals surface area contributed by atoms with E-state index in [0.717, 1.165) is 6.07 Å². The zero-order valence-corrected chi connectivity index (χ0v) is 9.37. The van der Waals surface area contributed by atoms with E-state index in [1.54, 1.807) is 0 Å². The molecule has 0 unspecified atom stereocenters. The first kappa shape index (κ1) is 13.5. The van der Waals surface area contributed by atoms with Crippen molar-refractivity contribution in [1.82, 2.24) is 5.32 Å². The van der Waals surface area contributed by atoms with Gasteiger partial charge in [0.15, 0.2) is 0 Å². The molecule has 2 amide bonds. The molecule has 0 radical (unpaired) electrons. The number of carbonyl (C=O) groups excluding carboxylic acids is 1. The van der Waals surface area contributed by atoms with Crippen molar-refractivity contribution in [2.24, 2.45) is 0 Å². The van der Waals surface area contributed by atoms with E-state index in [4.69, 9.17) is 11.5 Å². The SMILES string of the molecule is C#CCCNC(=O)Nc1cccc(F)c1C(=O)O. The highest BCUT2D eigenvalue weighted by Gasteiger charge is 2.16. The summed E-state index contributed by atoms with van der Waals surface area (Å²) < 4.78 is 13.3. The number of benzene rings is 1. The molecule has 0 saturated carbocycles. The van der Waals surface area contributed by atoms with Crippen LogP contribution in [0.4, 0.5) is 14.9 Å². The predicted octanol–water partition coefficient (Wildman–Crippen LogP) is 1.67. The molecule has 5 nitrogen and oxygen atoms in total. The smallest absolute Gasteiger partial charge is 0.340 e. The van der Waals surface area contributed by atoms with E-state index in [0.29, 0.717) is 6.42 Å². The summed E-state index contributed by atoms with van der Waals surface area (Å²) in [4.78, 5) is 22.2. The molecule has 6 heteroatoms. The van der Waals surface area contributed by atoms with Gasteiger partial charge >= 0.3 is 12.0 Å². The molecule has 0 bridgehead atoms. The summed E-state index contributed by atoms with van der Waals surface area (Å²) in [6, 6.07) is 2.97. The predicted molar refractivity (Wildman–Crippen MR) is 63.8 cm³/mol. The van der Waals surface area contributed by atoms with Gasteiger partial charge in [0, 0.05) is 13.0 Å². The molecule has 0 saturated heterocycles. The summed E-state index contributed by atoms with van der Waals surface area (Å²) in [5.41, 5.74) is -0.690. The maximum Gasteiger partial charge on any atom is 0.340 e. The van der Waals surface area contributed by atoms with Crippen molar-refractivity contribution in [2.75, 3.05) is 11.9 Å². The van der Waals surface area contributed by atoms with Gasteiger partial charge in [0.05, 0.1) is 5.69 Å². The second kappa shape index (κ2) is 6.25. The average molecular weight is 250 g/mol. The van der Waals surface area contributed by atoms with Crippen LogP contribution in [0.5, 0.6) is 0 Å². The minimum atomic E-state index is -1.45. The minimum absolute atomic E-state index is 0.110. The molecule has 1 aromatic carbocycles. The molecule has 1 rings (SSSR count). The minimum Gasteiger partial charge on any atom is -0.478 e. The lowest BCUT2D eigenvalue weighted by molar-refractivity contribution is 0.0693. The first-order valence-corrected chi connectivity index (χ1v) is 5.06. The van der Waals surface area contributed by atoms with E-state index in [1.807, 2.05) is 0 Å². The number of terminal acetylenes is 1. The Balaban J connectivity index is 2.79. The summed E-state index contributed by atoms with van der Waals surface area (Å²) in [6.07, 6.45) is 5.35. The third kappa shape index (κ3) is 3.49. The van der Waals surface area contributed by atoms with E-state index >= 15 is 0 Å². The van der Waals surface area contributed by atoms with Crippen molar-refractivity contribution in [3.05, 3.63) is 29.6 Å². The highest BCUT2D eigenvalue weighted by Crippen LogP contribution is 2.18. The molecule has 0 atom stereocenters. The largest absolute Gasteiger partial charge is 0.478 e. The lowest BCUT2D eigenvalue weighted by Gasteiger charge is -2.09. The molecule has 3 N–H and O–H groups in total. The molecule has 0 aliphatic carbocycles. The van der Waals surface area contributed by atoms with Gasteiger partial charge in [0.25, 0.3) is 0 Å². The third-order valence-corrected chi connectivity index (χ3v) is 2.03. The Morgan fingerprint density at radius 3 is 2.78 bits per heavy atom. The molecule has 1 aromatic rings. The fourth-order valence-corrected chi connectivity index (χ4v) is 1.26. The van der Waals surface area contributed by atoms with Crippen molar-refractivity contribution in [2.45, 2.75) is 6.42 Å². The lowest BCUT2D eigenvalue weighted by Crippen LogP contribution is -2.30. The number of rotatable bonds is 4. The number of urea groups is 1. The quantitative estimate of drug-likeness (QED) is 0.561. The summed E-state index contributed by atoms with van der Waals surface area (Å²) in [5.74, 6) is -0.0358. The monoisotopic (exact) mass is 250 g/mol. The summed E-state index contributed by atoms with van der Waals surface area (Å²) >= 11 is 0. The summed E-state index contributed by atoms with van der Waals surface area (Å²) in [5, 5.41) is 13.5. The number of hydrogen-bond acceptors (Lipinski definition) is 2.